The number of urea groups is 1. The van der Waals surface area contributed by atoms with Gasteiger partial charge in [0.05, 0.1) is 0 Å². The SMILES string of the molecule is CCN(CC1CCCCN1)C(=O)Nc1cc(Cl)cc(Cl)c1. The molecule has 1 aromatic rings. The van der Waals surface area contributed by atoms with E-state index in [9.17, 15) is 4.79 Å². The van der Waals surface area contributed by atoms with Crippen molar-refractivity contribution in [1.29, 1.82) is 0 Å². The van der Waals surface area contributed by atoms with E-state index in [2.05, 4.69) is 10.6 Å². The number of nitrogens with zero attached hydrogens (tertiary/aromatic N) is 1. The number of hydrogen-bond acceptors (Lipinski definition) is 2. The molecule has 1 aliphatic rings. The summed E-state index contributed by atoms with van der Waals surface area (Å²) in [7, 11) is 0. The predicted octanol–water partition coefficient (Wildman–Crippen LogP) is 3.99. The summed E-state index contributed by atoms with van der Waals surface area (Å²) in [6.07, 6.45) is 3.56. The van der Waals surface area contributed by atoms with Crippen molar-refractivity contribution in [3.8, 4) is 0 Å². The van der Waals surface area contributed by atoms with Crippen molar-refractivity contribution in [2.24, 2.45) is 0 Å². The molecular formula is C15H21Cl2N3O. The zero-order valence-corrected chi connectivity index (χ0v) is 13.7. The molecule has 0 aromatic heterocycles. The average molecular weight is 330 g/mol. The Kier molecular flexibility index (Phi) is 6.15. The summed E-state index contributed by atoms with van der Waals surface area (Å²) >= 11 is 11.9. The van der Waals surface area contributed by atoms with Crippen molar-refractivity contribution in [1.82, 2.24) is 10.2 Å². The summed E-state index contributed by atoms with van der Waals surface area (Å²) in [5.74, 6) is 0. The van der Waals surface area contributed by atoms with Crippen molar-refractivity contribution in [2.75, 3.05) is 25.0 Å². The highest BCUT2D eigenvalue weighted by atomic mass is 35.5. The summed E-state index contributed by atoms with van der Waals surface area (Å²) in [5, 5.41) is 7.33. The van der Waals surface area contributed by atoms with Crippen molar-refractivity contribution in [3.05, 3.63) is 28.2 Å². The Bertz CT molecular complexity index is 470. The van der Waals surface area contributed by atoms with E-state index in [-0.39, 0.29) is 6.03 Å². The largest absolute Gasteiger partial charge is 0.323 e. The Balaban J connectivity index is 1.95. The van der Waals surface area contributed by atoms with Crippen LogP contribution in [0.5, 0.6) is 0 Å². The van der Waals surface area contributed by atoms with Gasteiger partial charge in [-0.2, -0.15) is 0 Å². The van der Waals surface area contributed by atoms with Crippen LogP contribution in [-0.2, 0) is 0 Å². The second kappa shape index (κ2) is 7.87. The van der Waals surface area contributed by atoms with Gasteiger partial charge in [-0.1, -0.05) is 29.6 Å². The highest BCUT2D eigenvalue weighted by molar-refractivity contribution is 6.35. The molecular weight excluding hydrogens is 309 g/mol. The minimum Gasteiger partial charge on any atom is -0.323 e. The van der Waals surface area contributed by atoms with Gasteiger partial charge < -0.3 is 15.5 Å². The lowest BCUT2D eigenvalue weighted by atomic mass is 10.0. The quantitative estimate of drug-likeness (QED) is 0.877. The smallest absolute Gasteiger partial charge is 0.321 e. The molecule has 4 nitrogen and oxygen atoms in total. The fourth-order valence-corrected chi connectivity index (χ4v) is 3.06. The van der Waals surface area contributed by atoms with Crippen molar-refractivity contribution >= 4 is 34.9 Å². The fraction of sp³-hybridized carbons (Fsp3) is 0.533. The van der Waals surface area contributed by atoms with Crippen LogP contribution < -0.4 is 10.6 Å². The number of amides is 2. The summed E-state index contributed by atoms with van der Waals surface area (Å²) < 4.78 is 0. The van der Waals surface area contributed by atoms with Crippen LogP contribution in [0.25, 0.3) is 0 Å². The maximum absolute atomic E-state index is 12.3. The first-order valence-corrected chi connectivity index (χ1v) is 8.09. The maximum Gasteiger partial charge on any atom is 0.321 e. The van der Waals surface area contributed by atoms with E-state index in [1.807, 2.05) is 6.92 Å². The normalized spacial score (nSPS) is 18.3. The lowest BCUT2D eigenvalue weighted by molar-refractivity contribution is 0.203. The Hall–Kier alpha value is -0.970. The predicted molar refractivity (Wildman–Crippen MR) is 88.4 cm³/mol. The van der Waals surface area contributed by atoms with Crippen LogP contribution in [0.2, 0.25) is 10.0 Å². The molecule has 2 N–H and O–H groups in total. The van der Waals surface area contributed by atoms with E-state index >= 15 is 0 Å². The first kappa shape index (κ1) is 16.4. The van der Waals surface area contributed by atoms with Gasteiger partial charge in [0.2, 0.25) is 0 Å². The molecule has 0 bridgehead atoms. The molecule has 1 fully saturated rings. The molecule has 0 radical (unpaired) electrons. The van der Waals surface area contributed by atoms with Gasteiger partial charge >= 0.3 is 6.03 Å². The highest BCUT2D eigenvalue weighted by Gasteiger charge is 2.19. The van der Waals surface area contributed by atoms with E-state index in [0.29, 0.717) is 28.3 Å². The average Bonchev–Trinajstić information content (AvgIpc) is 2.44. The molecule has 1 unspecified atom stereocenters. The number of halogens is 2. The number of likely N-dealkylation sites (N-methyl/N-ethyl adjacent to an activating group) is 1. The molecule has 2 amide bonds. The van der Waals surface area contributed by atoms with Gasteiger partial charge in [-0.05, 0) is 44.5 Å². The summed E-state index contributed by atoms with van der Waals surface area (Å²) in [6, 6.07) is 5.29. The van der Waals surface area contributed by atoms with Crippen molar-refractivity contribution in [2.45, 2.75) is 32.2 Å². The van der Waals surface area contributed by atoms with Gasteiger partial charge in [0, 0.05) is 34.9 Å². The van der Waals surface area contributed by atoms with E-state index in [0.717, 1.165) is 19.5 Å². The van der Waals surface area contributed by atoms with Gasteiger partial charge in [-0.15, -0.1) is 0 Å². The van der Waals surface area contributed by atoms with Crippen molar-refractivity contribution in [3.63, 3.8) is 0 Å². The molecule has 0 saturated carbocycles. The third-order valence-electron chi connectivity index (χ3n) is 3.64. The standard InChI is InChI=1S/C15H21Cl2N3O/c1-2-20(10-13-5-3-4-6-18-13)15(21)19-14-8-11(16)7-12(17)9-14/h7-9,13,18H,2-6,10H2,1H3,(H,19,21). The van der Waals surface area contributed by atoms with Gasteiger partial charge in [0.15, 0.2) is 0 Å². The van der Waals surface area contributed by atoms with E-state index in [1.165, 1.54) is 12.8 Å². The molecule has 1 heterocycles. The molecule has 1 aliphatic heterocycles. The number of piperidine rings is 1. The zero-order valence-electron chi connectivity index (χ0n) is 12.2. The number of rotatable bonds is 4. The van der Waals surface area contributed by atoms with Crippen LogP contribution in [0, 0.1) is 0 Å². The Morgan fingerprint density at radius 3 is 2.62 bits per heavy atom. The van der Waals surface area contributed by atoms with Crippen LogP contribution in [0.15, 0.2) is 18.2 Å². The van der Waals surface area contributed by atoms with Crippen LogP contribution in [-0.4, -0.2) is 36.6 Å². The number of carbonyl (C=O) groups excluding carboxylic acids is 1. The van der Waals surface area contributed by atoms with E-state index < -0.39 is 0 Å². The third-order valence-corrected chi connectivity index (χ3v) is 4.07. The lowest BCUT2D eigenvalue weighted by Gasteiger charge is -2.30. The maximum atomic E-state index is 12.3. The van der Waals surface area contributed by atoms with Gasteiger partial charge in [0.1, 0.15) is 0 Å². The van der Waals surface area contributed by atoms with E-state index in [1.54, 1.807) is 23.1 Å². The molecule has 0 spiro atoms. The van der Waals surface area contributed by atoms with Crippen LogP contribution in [0.4, 0.5) is 10.5 Å². The number of benzene rings is 1. The number of anilines is 1. The lowest BCUT2D eigenvalue weighted by Crippen LogP contribution is -2.47. The molecule has 21 heavy (non-hydrogen) atoms. The van der Waals surface area contributed by atoms with Gasteiger partial charge in [-0.25, -0.2) is 4.79 Å². The number of nitrogens with one attached hydrogen (secondary N) is 2. The zero-order chi connectivity index (χ0) is 15.2. The summed E-state index contributed by atoms with van der Waals surface area (Å²) in [5.41, 5.74) is 0.618. The van der Waals surface area contributed by atoms with Gasteiger partial charge in [-0.3, -0.25) is 0 Å². The molecule has 116 valence electrons. The first-order valence-electron chi connectivity index (χ1n) is 7.34. The molecule has 1 aromatic carbocycles. The first-order chi connectivity index (χ1) is 10.1. The second-order valence-corrected chi connectivity index (χ2v) is 6.15. The number of carbonyl (C=O) groups is 1. The summed E-state index contributed by atoms with van der Waals surface area (Å²) in [6.45, 7) is 4.40. The van der Waals surface area contributed by atoms with Crippen LogP contribution in [0.1, 0.15) is 26.2 Å². The van der Waals surface area contributed by atoms with Crippen molar-refractivity contribution < 1.29 is 4.79 Å². The highest BCUT2D eigenvalue weighted by Crippen LogP contribution is 2.22. The molecule has 2 rings (SSSR count). The molecule has 1 atom stereocenters. The monoisotopic (exact) mass is 329 g/mol. The minimum absolute atomic E-state index is 0.122. The molecule has 1 saturated heterocycles. The van der Waals surface area contributed by atoms with E-state index in [4.69, 9.17) is 23.2 Å². The van der Waals surface area contributed by atoms with Gasteiger partial charge in [0.25, 0.3) is 0 Å². The molecule has 6 heteroatoms. The second-order valence-electron chi connectivity index (χ2n) is 5.27. The Morgan fingerprint density at radius 2 is 2.05 bits per heavy atom. The fourth-order valence-electron chi connectivity index (χ4n) is 2.53. The van der Waals surface area contributed by atoms with Crippen LogP contribution >= 0.6 is 23.2 Å². The minimum atomic E-state index is -0.122. The third kappa shape index (κ3) is 5.06. The topological polar surface area (TPSA) is 44.4 Å². The molecule has 0 aliphatic carbocycles. The Labute approximate surface area is 135 Å². The number of hydrogen-bond donors (Lipinski definition) is 2. The Morgan fingerprint density at radius 1 is 1.33 bits per heavy atom. The summed E-state index contributed by atoms with van der Waals surface area (Å²) in [4.78, 5) is 14.1. The van der Waals surface area contributed by atoms with Crippen LogP contribution in [0.3, 0.4) is 0 Å².